The lowest BCUT2D eigenvalue weighted by Crippen LogP contribution is -2.53. The second-order valence-electron chi connectivity index (χ2n) is 6.81. The number of piperidine rings is 1. The van der Waals surface area contributed by atoms with Crippen molar-refractivity contribution in [3.63, 3.8) is 0 Å². The van der Waals surface area contributed by atoms with Crippen LogP contribution in [0.15, 0.2) is 48.5 Å². The van der Waals surface area contributed by atoms with Gasteiger partial charge in [-0.15, -0.1) is 0 Å². The molecule has 152 valence electrons. The Morgan fingerprint density at radius 1 is 1.07 bits per heavy atom. The third kappa shape index (κ3) is 5.94. The predicted molar refractivity (Wildman–Crippen MR) is 106 cm³/mol. The van der Waals surface area contributed by atoms with Crippen molar-refractivity contribution in [2.24, 2.45) is 0 Å². The van der Waals surface area contributed by atoms with Crippen LogP contribution in [0.4, 0.5) is 15.8 Å². The number of halogens is 1. The molecule has 3 rings (SSSR count). The first-order chi connectivity index (χ1) is 13.9. The standard InChI is InChI=1S/C21H22FN3O4/c1-13(26)24-16-6-8-17(9-7-16)25-21(28)18-10-19(27)20(11-23-18)29-12-14-2-4-15(22)5-3-14/h2-9,18,20,23H,10-12H2,1H3,(H,24,26)(H,25,28). The minimum absolute atomic E-state index is 0.0178. The number of carbonyl (C=O) groups excluding carboxylic acids is 3. The highest BCUT2D eigenvalue weighted by Gasteiger charge is 2.32. The van der Waals surface area contributed by atoms with Crippen LogP contribution in [0.25, 0.3) is 0 Å². The first-order valence-corrected chi connectivity index (χ1v) is 9.21. The molecular weight excluding hydrogens is 377 g/mol. The van der Waals surface area contributed by atoms with Crippen molar-refractivity contribution >= 4 is 29.0 Å². The summed E-state index contributed by atoms with van der Waals surface area (Å²) in [5, 5.41) is 8.42. The highest BCUT2D eigenvalue weighted by Crippen LogP contribution is 2.16. The summed E-state index contributed by atoms with van der Waals surface area (Å²) in [6, 6.07) is 11.9. The van der Waals surface area contributed by atoms with Crippen LogP contribution in [0.3, 0.4) is 0 Å². The average molecular weight is 399 g/mol. The molecule has 1 saturated heterocycles. The van der Waals surface area contributed by atoms with Crippen LogP contribution < -0.4 is 16.0 Å². The van der Waals surface area contributed by atoms with E-state index in [0.717, 1.165) is 5.56 Å². The number of anilines is 2. The molecule has 2 aromatic rings. The predicted octanol–water partition coefficient (Wildman–Crippen LogP) is 2.24. The fourth-order valence-corrected chi connectivity index (χ4v) is 2.95. The lowest BCUT2D eigenvalue weighted by molar-refractivity contribution is -0.137. The van der Waals surface area contributed by atoms with E-state index in [1.54, 1.807) is 36.4 Å². The maximum atomic E-state index is 12.9. The first kappa shape index (κ1) is 20.6. The van der Waals surface area contributed by atoms with Crippen molar-refractivity contribution < 1.29 is 23.5 Å². The highest BCUT2D eigenvalue weighted by molar-refractivity contribution is 5.99. The van der Waals surface area contributed by atoms with Crippen LogP contribution in [0, 0.1) is 5.82 Å². The number of benzene rings is 2. The lowest BCUT2D eigenvalue weighted by Gasteiger charge is -2.28. The van der Waals surface area contributed by atoms with Gasteiger partial charge < -0.3 is 20.7 Å². The van der Waals surface area contributed by atoms with Gasteiger partial charge in [0.2, 0.25) is 11.8 Å². The van der Waals surface area contributed by atoms with E-state index in [2.05, 4.69) is 16.0 Å². The molecule has 1 aliphatic rings. The molecule has 3 N–H and O–H groups in total. The van der Waals surface area contributed by atoms with Crippen LogP contribution in [-0.4, -0.2) is 36.3 Å². The summed E-state index contributed by atoms with van der Waals surface area (Å²) < 4.78 is 18.5. The molecule has 0 spiro atoms. The van der Waals surface area contributed by atoms with Gasteiger partial charge >= 0.3 is 0 Å². The molecule has 0 radical (unpaired) electrons. The van der Waals surface area contributed by atoms with Gasteiger partial charge in [0.25, 0.3) is 0 Å². The number of hydrogen-bond acceptors (Lipinski definition) is 5. The van der Waals surface area contributed by atoms with E-state index in [1.165, 1.54) is 19.1 Å². The zero-order valence-corrected chi connectivity index (χ0v) is 15.9. The molecule has 0 bridgehead atoms. The Morgan fingerprint density at radius 2 is 1.69 bits per heavy atom. The maximum absolute atomic E-state index is 12.9. The minimum Gasteiger partial charge on any atom is -0.364 e. The van der Waals surface area contributed by atoms with E-state index in [4.69, 9.17) is 4.74 Å². The Labute approximate surface area is 167 Å². The topological polar surface area (TPSA) is 96.5 Å². The zero-order chi connectivity index (χ0) is 20.8. The van der Waals surface area contributed by atoms with Gasteiger partial charge in [0.1, 0.15) is 11.9 Å². The minimum atomic E-state index is -0.652. The van der Waals surface area contributed by atoms with Crippen molar-refractivity contribution in [3.8, 4) is 0 Å². The molecule has 2 aromatic carbocycles. The fourth-order valence-electron chi connectivity index (χ4n) is 2.95. The van der Waals surface area contributed by atoms with Gasteiger partial charge in [-0.05, 0) is 42.0 Å². The quantitative estimate of drug-likeness (QED) is 0.692. The van der Waals surface area contributed by atoms with Crippen molar-refractivity contribution in [2.45, 2.75) is 32.1 Å². The van der Waals surface area contributed by atoms with Gasteiger partial charge in [0, 0.05) is 31.3 Å². The Morgan fingerprint density at radius 3 is 2.28 bits per heavy atom. The van der Waals surface area contributed by atoms with Gasteiger partial charge in [-0.1, -0.05) is 12.1 Å². The Kier molecular flexibility index (Phi) is 6.69. The Bertz CT molecular complexity index is 884. The Balaban J connectivity index is 1.48. The second-order valence-corrected chi connectivity index (χ2v) is 6.81. The molecule has 0 aromatic heterocycles. The van der Waals surface area contributed by atoms with E-state index >= 15 is 0 Å². The van der Waals surface area contributed by atoms with E-state index in [1.807, 2.05) is 0 Å². The molecular formula is C21H22FN3O4. The summed E-state index contributed by atoms with van der Waals surface area (Å²) in [6.07, 6.45) is -0.634. The molecule has 8 heteroatoms. The SMILES string of the molecule is CC(=O)Nc1ccc(NC(=O)C2CC(=O)C(OCc3ccc(F)cc3)CN2)cc1. The summed E-state index contributed by atoms with van der Waals surface area (Å²) in [5.74, 6) is -0.986. The van der Waals surface area contributed by atoms with Crippen molar-refractivity contribution in [1.29, 1.82) is 0 Å². The molecule has 1 heterocycles. The van der Waals surface area contributed by atoms with E-state index in [-0.39, 0.29) is 43.0 Å². The summed E-state index contributed by atoms with van der Waals surface area (Å²) in [7, 11) is 0. The molecule has 0 saturated carbocycles. The van der Waals surface area contributed by atoms with Gasteiger partial charge in [0.05, 0.1) is 12.6 Å². The number of carbonyl (C=O) groups is 3. The van der Waals surface area contributed by atoms with Crippen LogP contribution in [0.5, 0.6) is 0 Å². The second kappa shape index (κ2) is 9.40. The average Bonchev–Trinajstić information content (AvgIpc) is 2.69. The summed E-state index contributed by atoms with van der Waals surface area (Å²) in [5.41, 5.74) is 1.96. The van der Waals surface area contributed by atoms with Gasteiger partial charge in [0.15, 0.2) is 5.78 Å². The van der Waals surface area contributed by atoms with E-state index in [9.17, 15) is 18.8 Å². The Hall–Kier alpha value is -3.10. The molecule has 29 heavy (non-hydrogen) atoms. The maximum Gasteiger partial charge on any atom is 0.241 e. The van der Waals surface area contributed by atoms with E-state index < -0.39 is 12.1 Å². The fraction of sp³-hybridized carbons (Fsp3) is 0.286. The number of nitrogens with one attached hydrogen (secondary N) is 3. The number of ketones is 1. The van der Waals surface area contributed by atoms with Crippen LogP contribution in [0.1, 0.15) is 18.9 Å². The number of ether oxygens (including phenoxy) is 1. The first-order valence-electron chi connectivity index (χ1n) is 9.21. The van der Waals surface area contributed by atoms with Crippen LogP contribution in [-0.2, 0) is 25.7 Å². The number of rotatable bonds is 6. The summed E-state index contributed by atoms with van der Waals surface area (Å²) in [4.78, 5) is 35.8. The summed E-state index contributed by atoms with van der Waals surface area (Å²) >= 11 is 0. The van der Waals surface area contributed by atoms with Gasteiger partial charge in [-0.3, -0.25) is 14.4 Å². The summed E-state index contributed by atoms with van der Waals surface area (Å²) in [6.45, 7) is 1.83. The molecule has 2 amide bonds. The van der Waals surface area contributed by atoms with E-state index in [0.29, 0.717) is 11.4 Å². The third-order valence-corrected chi connectivity index (χ3v) is 4.47. The molecule has 0 aliphatic carbocycles. The highest BCUT2D eigenvalue weighted by atomic mass is 19.1. The largest absolute Gasteiger partial charge is 0.364 e. The normalized spacial score (nSPS) is 18.9. The molecule has 7 nitrogen and oxygen atoms in total. The van der Waals surface area contributed by atoms with Crippen molar-refractivity contribution in [2.75, 3.05) is 17.2 Å². The number of hydrogen-bond donors (Lipinski definition) is 3. The van der Waals surface area contributed by atoms with Crippen LogP contribution in [0.2, 0.25) is 0 Å². The van der Waals surface area contributed by atoms with Crippen molar-refractivity contribution in [1.82, 2.24) is 5.32 Å². The third-order valence-electron chi connectivity index (χ3n) is 4.47. The number of Topliss-reactive ketones (excluding diaryl/α,β-unsaturated/α-hetero) is 1. The van der Waals surface area contributed by atoms with Crippen molar-refractivity contribution in [3.05, 3.63) is 59.9 Å². The molecule has 1 fully saturated rings. The molecule has 2 unspecified atom stereocenters. The molecule has 2 atom stereocenters. The van der Waals surface area contributed by atoms with Gasteiger partial charge in [-0.25, -0.2) is 4.39 Å². The lowest BCUT2D eigenvalue weighted by atomic mass is 10.0. The number of amides is 2. The molecule has 1 aliphatic heterocycles. The van der Waals surface area contributed by atoms with Crippen LogP contribution >= 0.6 is 0 Å². The monoisotopic (exact) mass is 399 g/mol. The zero-order valence-electron chi connectivity index (χ0n) is 15.9. The van der Waals surface area contributed by atoms with Gasteiger partial charge in [-0.2, -0.15) is 0 Å². The smallest absolute Gasteiger partial charge is 0.241 e.